The minimum atomic E-state index is -1.07. The minimum Gasteiger partial charge on any atom is -0.502 e. The van der Waals surface area contributed by atoms with Crippen LogP contribution in [0.3, 0.4) is 0 Å². The van der Waals surface area contributed by atoms with Crippen molar-refractivity contribution in [3.05, 3.63) is 15.7 Å². The smallest absolute Gasteiger partial charge is 0.407 e. The fourth-order valence-corrected chi connectivity index (χ4v) is 2.97. The molecule has 0 radical (unpaired) electrons. The van der Waals surface area contributed by atoms with Crippen LogP contribution in [-0.2, 0) is 0 Å². The lowest BCUT2D eigenvalue weighted by atomic mass is 10.1. The zero-order valence-electron chi connectivity index (χ0n) is 10.9. The zero-order valence-corrected chi connectivity index (χ0v) is 13.2. The summed E-state index contributed by atoms with van der Waals surface area (Å²) in [7, 11) is 0. The van der Waals surface area contributed by atoms with Crippen molar-refractivity contribution in [2.24, 2.45) is 0 Å². The van der Waals surface area contributed by atoms with Crippen LogP contribution in [0, 0.1) is 0 Å². The van der Waals surface area contributed by atoms with Gasteiger partial charge in [0.25, 0.3) is 5.88 Å². The second kappa shape index (κ2) is 6.67. The highest BCUT2D eigenvalue weighted by atomic mass is 79.9. The number of pyridine rings is 1. The molecular weight excluding hydrogens is 367 g/mol. The van der Waals surface area contributed by atoms with Crippen LogP contribution in [0.4, 0.5) is 4.79 Å². The first-order valence-electron chi connectivity index (χ1n) is 6.25. The lowest BCUT2D eigenvalue weighted by Gasteiger charge is -2.26. The quantitative estimate of drug-likeness (QED) is 0.690. The molecule has 1 saturated heterocycles. The molecule has 9 heteroatoms. The van der Waals surface area contributed by atoms with Crippen LogP contribution in [0.1, 0.15) is 12.8 Å². The molecule has 2 heterocycles. The number of hydrogen-bond donors (Lipinski definition) is 3. The number of nitrogens with zero attached hydrogens (tertiary/aromatic N) is 2. The van der Waals surface area contributed by atoms with E-state index in [0.717, 1.165) is 0 Å². The molecule has 0 spiro atoms. The van der Waals surface area contributed by atoms with Crippen molar-refractivity contribution in [2.75, 3.05) is 13.2 Å². The van der Waals surface area contributed by atoms with E-state index in [9.17, 15) is 15.0 Å². The molecule has 3 N–H and O–H groups in total. The third kappa shape index (κ3) is 3.69. The highest BCUT2D eigenvalue weighted by Crippen LogP contribution is 2.34. The SMILES string of the molecule is O=C(O)N1CCCC1[C@H](O)COc1nc(Cl)cc(Br)c1O. The van der Waals surface area contributed by atoms with E-state index in [1.807, 2.05) is 0 Å². The molecule has 1 aromatic heterocycles. The molecule has 0 aromatic carbocycles. The number of halogens is 2. The molecule has 21 heavy (non-hydrogen) atoms. The number of amides is 1. The number of aliphatic hydroxyl groups excluding tert-OH is 1. The average molecular weight is 382 g/mol. The first kappa shape index (κ1) is 16.1. The molecule has 7 nitrogen and oxygen atoms in total. The second-order valence-electron chi connectivity index (χ2n) is 4.64. The first-order chi connectivity index (χ1) is 9.90. The van der Waals surface area contributed by atoms with E-state index in [1.54, 1.807) is 0 Å². The van der Waals surface area contributed by atoms with Crippen LogP contribution in [0.25, 0.3) is 0 Å². The Balaban J connectivity index is 2.01. The number of carboxylic acid groups (broad SMARTS) is 1. The number of aromatic hydroxyl groups is 1. The van der Waals surface area contributed by atoms with Gasteiger partial charge in [0.05, 0.1) is 10.5 Å². The summed E-state index contributed by atoms with van der Waals surface area (Å²) in [5.74, 6) is -0.346. The van der Waals surface area contributed by atoms with Gasteiger partial charge in [0.1, 0.15) is 17.9 Å². The van der Waals surface area contributed by atoms with Crippen molar-refractivity contribution < 1.29 is 24.9 Å². The summed E-state index contributed by atoms with van der Waals surface area (Å²) in [5.41, 5.74) is 0. The number of likely N-dealkylation sites (tertiary alicyclic amines) is 1. The number of aromatic nitrogens is 1. The van der Waals surface area contributed by atoms with E-state index in [0.29, 0.717) is 23.9 Å². The largest absolute Gasteiger partial charge is 0.502 e. The molecule has 1 unspecified atom stereocenters. The lowest BCUT2D eigenvalue weighted by Crippen LogP contribution is -2.44. The van der Waals surface area contributed by atoms with Crippen molar-refractivity contribution in [1.82, 2.24) is 9.88 Å². The van der Waals surface area contributed by atoms with Crippen LogP contribution < -0.4 is 4.74 Å². The van der Waals surface area contributed by atoms with Gasteiger partial charge < -0.3 is 25.0 Å². The topological polar surface area (TPSA) is 103 Å². The molecular formula is C12H14BrClN2O5. The van der Waals surface area contributed by atoms with Gasteiger partial charge in [-0.3, -0.25) is 0 Å². The van der Waals surface area contributed by atoms with Crippen molar-refractivity contribution >= 4 is 33.6 Å². The maximum absolute atomic E-state index is 11.0. The standard InChI is InChI=1S/C12H14BrClN2O5/c13-6-4-9(14)15-11(10(6)18)21-5-8(17)7-2-1-3-16(7)12(19)20/h4,7-8,17-18H,1-3,5H2,(H,19,20)/t7?,8-/m1/s1. The predicted molar refractivity (Wildman–Crippen MR) is 77.9 cm³/mol. The summed E-state index contributed by atoms with van der Waals surface area (Å²) in [6, 6.07) is 0.885. The van der Waals surface area contributed by atoms with Gasteiger partial charge >= 0.3 is 6.09 Å². The molecule has 0 saturated carbocycles. The van der Waals surface area contributed by atoms with Gasteiger partial charge in [-0.15, -0.1) is 0 Å². The molecule has 0 bridgehead atoms. The Morgan fingerprint density at radius 3 is 3.05 bits per heavy atom. The molecule has 1 fully saturated rings. The molecule has 2 atom stereocenters. The first-order valence-corrected chi connectivity index (χ1v) is 7.42. The molecule has 1 amide bonds. The summed E-state index contributed by atoms with van der Waals surface area (Å²) < 4.78 is 5.58. The normalized spacial score (nSPS) is 19.6. The number of ether oxygens (including phenoxy) is 1. The number of aliphatic hydroxyl groups is 1. The summed E-state index contributed by atoms with van der Waals surface area (Å²) in [5, 5.41) is 29.0. The number of hydrogen-bond acceptors (Lipinski definition) is 5. The maximum atomic E-state index is 11.0. The van der Waals surface area contributed by atoms with Gasteiger partial charge in [0.15, 0.2) is 5.75 Å². The molecule has 116 valence electrons. The third-order valence-electron chi connectivity index (χ3n) is 3.26. The van der Waals surface area contributed by atoms with Crippen molar-refractivity contribution in [1.29, 1.82) is 0 Å². The predicted octanol–water partition coefficient (Wildman–Crippen LogP) is 2.09. The summed E-state index contributed by atoms with van der Waals surface area (Å²) >= 11 is 8.84. The number of carbonyl (C=O) groups is 1. The van der Waals surface area contributed by atoms with Gasteiger partial charge in [-0.2, -0.15) is 4.98 Å². The Labute approximate surface area is 134 Å². The highest BCUT2D eigenvalue weighted by molar-refractivity contribution is 9.10. The molecule has 1 aromatic rings. The number of rotatable bonds is 4. The summed E-state index contributed by atoms with van der Waals surface area (Å²) in [4.78, 5) is 16.0. The Kier molecular flexibility index (Phi) is 5.13. The third-order valence-corrected chi connectivity index (χ3v) is 4.06. The average Bonchev–Trinajstić information content (AvgIpc) is 2.90. The summed E-state index contributed by atoms with van der Waals surface area (Å²) in [6.07, 6.45) is -0.819. The molecule has 0 aliphatic carbocycles. The maximum Gasteiger partial charge on any atom is 0.407 e. The van der Waals surface area contributed by atoms with Crippen LogP contribution >= 0.6 is 27.5 Å². The minimum absolute atomic E-state index is 0.117. The van der Waals surface area contributed by atoms with E-state index >= 15 is 0 Å². The molecule has 2 rings (SSSR count). The van der Waals surface area contributed by atoms with E-state index in [4.69, 9.17) is 21.4 Å². The van der Waals surface area contributed by atoms with Crippen LogP contribution in [-0.4, -0.2) is 56.6 Å². The molecule has 1 aliphatic rings. The van der Waals surface area contributed by atoms with E-state index in [1.165, 1.54) is 11.0 Å². The van der Waals surface area contributed by atoms with Crippen molar-refractivity contribution in [3.8, 4) is 11.6 Å². The van der Waals surface area contributed by atoms with Crippen molar-refractivity contribution in [3.63, 3.8) is 0 Å². The highest BCUT2D eigenvalue weighted by Gasteiger charge is 2.34. The Morgan fingerprint density at radius 1 is 1.67 bits per heavy atom. The summed E-state index contributed by atoms with van der Waals surface area (Å²) in [6.45, 7) is 0.199. The van der Waals surface area contributed by atoms with E-state index < -0.39 is 18.2 Å². The van der Waals surface area contributed by atoms with E-state index in [-0.39, 0.29) is 23.4 Å². The monoisotopic (exact) mass is 380 g/mol. The van der Waals surface area contributed by atoms with Gasteiger partial charge in [0.2, 0.25) is 0 Å². The van der Waals surface area contributed by atoms with Gasteiger partial charge in [-0.1, -0.05) is 11.6 Å². The molecule has 1 aliphatic heterocycles. The van der Waals surface area contributed by atoms with Gasteiger partial charge in [-0.05, 0) is 34.8 Å². The fourth-order valence-electron chi connectivity index (χ4n) is 2.26. The van der Waals surface area contributed by atoms with Crippen molar-refractivity contribution in [2.45, 2.75) is 25.0 Å². The van der Waals surface area contributed by atoms with Crippen LogP contribution in [0.2, 0.25) is 5.15 Å². The van der Waals surface area contributed by atoms with Gasteiger partial charge in [0, 0.05) is 6.54 Å². The zero-order chi connectivity index (χ0) is 15.6. The Bertz CT molecular complexity index is 545. The fraction of sp³-hybridized carbons (Fsp3) is 0.500. The second-order valence-corrected chi connectivity index (χ2v) is 5.89. The van der Waals surface area contributed by atoms with E-state index in [2.05, 4.69) is 20.9 Å². The van der Waals surface area contributed by atoms with Crippen LogP contribution in [0.5, 0.6) is 11.6 Å². The van der Waals surface area contributed by atoms with Gasteiger partial charge in [-0.25, -0.2) is 4.79 Å². The lowest BCUT2D eigenvalue weighted by molar-refractivity contribution is 0.0347. The Morgan fingerprint density at radius 2 is 2.38 bits per heavy atom. The Hall–Kier alpha value is -1.25. The van der Waals surface area contributed by atoms with Crippen LogP contribution in [0.15, 0.2) is 10.5 Å².